The molecule has 0 fully saturated rings. The highest BCUT2D eigenvalue weighted by Crippen LogP contribution is 2.28. The van der Waals surface area contributed by atoms with Gasteiger partial charge in [0.15, 0.2) is 11.6 Å². The lowest BCUT2D eigenvalue weighted by Gasteiger charge is -2.34. The topological polar surface area (TPSA) is 86.8 Å². The molecule has 0 bridgehead atoms. The average Bonchev–Trinajstić information content (AvgIpc) is 2.92. The third kappa shape index (κ3) is 8.64. The van der Waals surface area contributed by atoms with E-state index in [1.165, 1.54) is 4.90 Å². The Morgan fingerprint density at radius 1 is 0.951 bits per heavy atom. The van der Waals surface area contributed by atoms with Gasteiger partial charge in [0.25, 0.3) is 0 Å². The molecule has 2 atom stereocenters. The van der Waals surface area contributed by atoms with Crippen molar-refractivity contribution in [1.82, 2.24) is 10.2 Å². The fourth-order valence-corrected chi connectivity index (χ4v) is 5.46. The summed E-state index contributed by atoms with van der Waals surface area (Å²) < 4.78 is 53.8. The molecule has 2 amide bonds. The summed E-state index contributed by atoms with van der Waals surface area (Å²) in [5.74, 6) is -3.69. The highest BCUT2D eigenvalue weighted by atomic mass is 35.5. The quantitative estimate of drug-likeness (QED) is 0.284. The molecule has 220 valence electrons. The molecular formula is C29H31Cl2F2N3O4S. The van der Waals surface area contributed by atoms with Crippen molar-refractivity contribution in [2.75, 3.05) is 17.1 Å². The van der Waals surface area contributed by atoms with Crippen molar-refractivity contribution in [3.8, 4) is 0 Å². The van der Waals surface area contributed by atoms with Crippen LogP contribution in [0.3, 0.4) is 0 Å². The molecule has 0 spiro atoms. The van der Waals surface area contributed by atoms with Crippen LogP contribution in [0.15, 0.2) is 66.7 Å². The van der Waals surface area contributed by atoms with E-state index in [0.29, 0.717) is 22.4 Å². The van der Waals surface area contributed by atoms with Gasteiger partial charge < -0.3 is 10.2 Å². The number of hydrogen-bond donors (Lipinski definition) is 1. The minimum atomic E-state index is -4.15. The minimum Gasteiger partial charge on any atom is -0.352 e. The predicted molar refractivity (Wildman–Crippen MR) is 157 cm³/mol. The van der Waals surface area contributed by atoms with E-state index in [0.717, 1.165) is 24.0 Å². The standard InChI is InChI=1S/C29H31Cl2F2N3O4S/c1-4-19(2)34-29(38)27(15-20-9-6-5-7-10-20)35(17-22-23(30)11-8-12-24(22)31)28(37)18-36(41(3,39)40)21-13-14-25(32)26(33)16-21/h5-14,16,19,27H,4,15,17-18H2,1-3H3,(H,34,38). The van der Waals surface area contributed by atoms with Gasteiger partial charge in [0.1, 0.15) is 12.6 Å². The molecule has 0 radical (unpaired) electrons. The number of rotatable bonds is 12. The van der Waals surface area contributed by atoms with Gasteiger partial charge in [-0.25, -0.2) is 17.2 Å². The molecule has 1 N–H and O–H groups in total. The summed E-state index contributed by atoms with van der Waals surface area (Å²) in [6, 6.07) is 15.0. The van der Waals surface area contributed by atoms with Crippen molar-refractivity contribution in [3.63, 3.8) is 0 Å². The number of anilines is 1. The van der Waals surface area contributed by atoms with Gasteiger partial charge in [-0.05, 0) is 43.2 Å². The summed E-state index contributed by atoms with van der Waals surface area (Å²) in [4.78, 5) is 28.9. The maximum atomic E-state index is 14.1. The molecule has 0 aliphatic rings. The first-order chi connectivity index (χ1) is 19.3. The van der Waals surface area contributed by atoms with E-state index in [1.54, 1.807) is 42.5 Å². The number of carbonyl (C=O) groups is 2. The lowest BCUT2D eigenvalue weighted by Crippen LogP contribution is -2.54. The van der Waals surface area contributed by atoms with Gasteiger partial charge in [0.05, 0.1) is 11.9 Å². The van der Waals surface area contributed by atoms with Gasteiger partial charge in [-0.3, -0.25) is 13.9 Å². The Morgan fingerprint density at radius 3 is 2.15 bits per heavy atom. The first-order valence-corrected chi connectivity index (χ1v) is 15.4. The summed E-state index contributed by atoms with van der Waals surface area (Å²) in [7, 11) is -4.15. The number of nitrogens with one attached hydrogen (secondary N) is 1. The molecule has 0 aliphatic carbocycles. The second kappa shape index (κ2) is 14.1. The Morgan fingerprint density at radius 2 is 1.59 bits per heavy atom. The molecule has 0 saturated carbocycles. The van der Waals surface area contributed by atoms with E-state index in [9.17, 15) is 26.8 Å². The summed E-state index contributed by atoms with van der Waals surface area (Å²) in [6.07, 6.45) is 1.57. The Kier molecular flexibility index (Phi) is 11.1. The molecule has 3 aromatic rings. The third-order valence-corrected chi connectivity index (χ3v) is 8.38. The maximum Gasteiger partial charge on any atom is 0.244 e. The van der Waals surface area contributed by atoms with Gasteiger partial charge >= 0.3 is 0 Å². The van der Waals surface area contributed by atoms with Crippen LogP contribution in [0.2, 0.25) is 10.0 Å². The van der Waals surface area contributed by atoms with Crippen LogP contribution in [-0.2, 0) is 32.6 Å². The van der Waals surface area contributed by atoms with E-state index in [-0.39, 0.29) is 34.7 Å². The molecular weight excluding hydrogens is 595 g/mol. The highest BCUT2D eigenvalue weighted by molar-refractivity contribution is 7.92. The lowest BCUT2D eigenvalue weighted by atomic mass is 10.0. The molecule has 0 heterocycles. The number of carbonyl (C=O) groups excluding carboxylic acids is 2. The largest absolute Gasteiger partial charge is 0.352 e. The number of amides is 2. The van der Waals surface area contributed by atoms with Crippen molar-refractivity contribution in [3.05, 3.63) is 99.5 Å². The highest BCUT2D eigenvalue weighted by Gasteiger charge is 2.34. The molecule has 41 heavy (non-hydrogen) atoms. The molecule has 7 nitrogen and oxygen atoms in total. The Hall–Kier alpha value is -3.21. The second-order valence-electron chi connectivity index (χ2n) is 9.61. The number of benzene rings is 3. The van der Waals surface area contributed by atoms with Gasteiger partial charge in [-0.2, -0.15) is 0 Å². The molecule has 3 rings (SSSR count). The van der Waals surface area contributed by atoms with Crippen LogP contribution in [0.4, 0.5) is 14.5 Å². The zero-order valence-corrected chi connectivity index (χ0v) is 25.1. The van der Waals surface area contributed by atoms with E-state index in [4.69, 9.17) is 23.2 Å². The Bertz CT molecular complexity index is 1470. The Labute approximate surface area is 249 Å². The lowest BCUT2D eigenvalue weighted by molar-refractivity contribution is -0.140. The van der Waals surface area contributed by atoms with Crippen LogP contribution < -0.4 is 9.62 Å². The van der Waals surface area contributed by atoms with E-state index in [2.05, 4.69) is 5.32 Å². The van der Waals surface area contributed by atoms with E-state index in [1.807, 2.05) is 19.9 Å². The van der Waals surface area contributed by atoms with E-state index < -0.39 is 46.1 Å². The van der Waals surface area contributed by atoms with Crippen molar-refractivity contribution in [2.45, 2.75) is 45.3 Å². The summed E-state index contributed by atoms with van der Waals surface area (Å²) in [5.41, 5.74) is 0.858. The van der Waals surface area contributed by atoms with Crippen molar-refractivity contribution < 1.29 is 26.8 Å². The molecule has 12 heteroatoms. The number of sulfonamides is 1. The van der Waals surface area contributed by atoms with Crippen molar-refractivity contribution >= 4 is 50.7 Å². The van der Waals surface area contributed by atoms with Gasteiger partial charge in [-0.1, -0.05) is 66.5 Å². The minimum absolute atomic E-state index is 0.0982. The first kappa shape index (κ1) is 32.3. The zero-order chi connectivity index (χ0) is 30.3. The fraction of sp³-hybridized carbons (Fsp3) is 0.310. The Balaban J connectivity index is 2.12. The molecule has 2 unspecified atom stereocenters. The van der Waals surface area contributed by atoms with Gasteiger partial charge in [-0.15, -0.1) is 0 Å². The predicted octanol–water partition coefficient (Wildman–Crippen LogP) is 5.59. The normalized spacial score (nSPS) is 12.9. The number of halogens is 4. The van der Waals surface area contributed by atoms with Crippen LogP contribution in [0.5, 0.6) is 0 Å². The van der Waals surface area contributed by atoms with Crippen molar-refractivity contribution in [2.24, 2.45) is 0 Å². The monoisotopic (exact) mass is 625 g/mol. The third-order valence-electron chi connectivity index (χ3n) is 6.53. The SMILES string of the molecule is CCC(C)NC(=O)C(Cc1ccccc1)N(Cc1c(Cl)cccc1Cl)C(=O)CN(c1ccc(F)c(F)c1)S(C)(=O)=O. The van der Waals surface area contributed by atoms with Crippen LogP contribution in [0, 0.1) is 11.6 Å². The average molecular weight is 627 g/mol. The summed E-state index contributed by atoms with van der Waals surface area (Å²) >= 11 is 12.9. The maximum absolute atomic E-state index is 14.1. The van der Waals surface area contributed by atoms with Crippen LogP contribution in [0.25, 0.3) is 0 Å². The summed E-state index contributed by atoms with van der Waals surface area (Å²) in [6.45, 7) is 2.70. The fourth-order valence-electron chi connectivity index (χ4n) is 4.10. The molecule has 3 aromatic carbocycles. The smallest absolute Gasteiger partial charge is 0.244 e. The first-order valence-electron chi connectivity index (χ1n) is 12.8. The zero-order valence-electron chi connectivity index (χ0n) is 22.8. The van der Waals surface area contributed by atoms with Crippen LogP contribution >= 0.6 is 23.2 Å². The summed E-state index contributed by atoms with van der Waals surface area (Å²) in [5, 5.41) is 3.40. The van der Waals surface area contributed by atoms with Gasteiger partial charge in [0.2, 0.25) is 21.8 Å². The van der Waals surface area contributed by atoms with Crippen molar-refractivity contribution in [1.29, 1.82) is 0 Å². The molecule has 0 saturated heterocycles. The second-order valence-corrected chi connectivity index (χ2v) is 12.3. The number of hydrogen-bond acceptors (Lipinski definition) is 4. The van der Waals surface area contributed by atoms with Crippen LogP contribution in [0.1, 0.15) is 31.4 Å². The van der Waals surface area contributed by atoms with Crippen LogP contribution in [-0.4, -0.2) is 50.0 Å². The number of nitrogens with zero attached hydrogens (tertiary/aromatic N) is 2. The van der Waals surface area contributed by atoms with Gasteiger partial charge in [0, 0.05) is 40.7 Å². The van der Waals surface area contributed by atoms with E-state index >= 15 is 0 Å². The molecule has 0 aliphatic heterocycles. The molecule has 0 aromatic heterocycles.